The van der Waals surface area contributed by atoms with Crippen molar-refractivity contribution in [1.29, 1.82) is 0 Å². The van der Waals surface area contributed by atoms with Crippen LogP contribution in [0.25, 0.3) is 0 Å². The summed E-state index contributed by atoms with van der Waals surface area (Å²) in [7, 11) is 0. The number of halogens is 1. The van der Waals surface area contributed by atoms with Gasteiger partial charge in [0.1, 0.15) is 0 Å². The summed E-state index contributed by atoms with van der Waals surface area (Å²) >= 11 is 0. The Morgan fingerprint density at radius 1 is 1.56 bits per heavy atom. The average Bonchev–Trinajstić information content (AvgIpc) is 1.83. The summed E-state index contributed by atoms with van der Waals surface area (Å²) in [5, 5.41) is 0. The summed E-state index contributed by atoms with van der Waals surface area (Å²) in [4.78, 5) is 12.8. The van der Waals surface area contributed by atoms with Crippen molar-refractivity contribution in [2.45, 2.75) is 0 Å². The topological polar surface area (TPSA) is 58.9 Å². The van der Waals surface area contributed by atoms with Crippen molar-refractivity contribution in [1.82, 2.24) is 4.98 Å². The summed E-state index contributed by atoms with van der Waals surface area (Å²) in [6, 6.07) is 0. The lowest BCUT2D eigenvalue weighted by atomic mass is 10.4. The van der Waals surface area contributed by atoms with E-state index in [1.165, 1.54) is 6.20 Å². The molecule has 1 aromatic heterocycles. The van der Waals surface area contributed by atoms with Crippen LogP contribution in [-0.4, -0.2) is 4.98 Å². The second kappa shape index (κ2) is 1.89. The first-order chi connectivity index (χ1) is 4.22. The zero-order valence-electron chi connectivity index (χ0n) is 4.52. The number of pyridine rings is 1. The van der Waals surface area contributed by atoms with Crippen LogP contribution in [0.4, 0.5) is 10.1 Å². The van der Waals surface area contributed by atoms with E-state index >= 15 is 0 Å². The van der Waals surface area contributed by atoms with Gasteiger partial charge in [0, 0.05) is 12.4 Å². The Hall–Kier alpha value is -1.32. The average molecular weight is 128 g/mol. The van der Waals surface area contributed by atoms with Crippen LogP contribution >= 0.6 is 0 Å². The first-order valence-electron chi connectivity index (χ1n) is 2.34. The summed E-state index contributed by atoms with van der Waals surface area (Å²) in [6.07, 6.45) is 2.20. The van der Waals surface area contributed by atoms with Gasteiger partial charge in [0.2, 0.25) is 5.43 Å². The molecule has 1 aromatic rings. The Kier molecular flexibility index (Phi) is 1.22. The molecule has 48 valence electrons. The van der Waals surface area contributed by atoms with E-state index in [1.807, 2.05) is 0 Å². The van der Waals surface area contributed by atoms with Gasteiger partial charge in [-0.25, -0.2) is 4.39 Å². The van der Waals surface area contributed by atoms with Crippen LogP contribution in [0.1, 0.15) is 0 Å². The highest BCUT2D eigenvalue weighted by Gasteiger charge is 1.97. The maximum Gasteiger partial charge on any atom is 0.239 e. The largest absolute Gasteiger partial charge is 0.394 e. The van der Waals surface area contributed by atoms with Crippen LogP contribution < -0.4 is 11.2 Å². The Bertz CT molecular complexity index is 245. The molecule has 0 aliphatic rings. The Labute approximate surface area is 50.3 Å². The molecule has 0 saturated heterocycles. The summed E-state index contributed by atoms with van der Waals surface area (Å²) in [5.74, 6) is -0.852. The van der Waals surface area contributed by atoms with Gasteiger partial charge in [-0.3, -0.25) is 4.79 Å². The van der Waals surface area contributed by atoms with Crippen molar-refractivity contribution in [3.63, 3.8) is 0 Å². The van der Waals surface area contributed by atoms with E-state index in [1.54, 1.807) is 0 Å². The highest BCUT2D eigenvalue weighted by atomic mass is 19.1. The molecule has 0 radical (unpaired) electrons. The maximum absolute atomic E-state index is 12.2. The molecule has 1 heterocycles. The fraction of sp³-hybridized carbons (Fsp3) is 0. The number of anilines is 1. The summed E-state index contributed by atoms with van der Waals surface area (Å²) in [5.41, 5.74) is 4.18. The molecule has 0 atom stereocenters. The quantitative estimate of drug-likeness (QED) is 0.520. The number of nitrogen functional groups attached to an aromatic ring is 1. The number of hydrogen-bond acceptors (Lipinski definition) is 2. The summed E-state index contributed by atoms with van der Waals surface area (Å²) in [6.45, 7) is 0. The zero-order chi connectivity index (χ0) is 6.85. The van der Waals surface area contributed by atoms with Crippen molar-refractivity contribution in [3.05, 3.63) is 28.4 Å². The molecular weight excluding hydrogens is 123 g/mol. The third-order valence-corrected chi connectivity index (χ3v) is 0.928. The van der Waals surface area contributed by atoms with Crippen molar-refractivity contribution in [2.24, 2.45) is 0 Å². The molecule has 3 nitrogen and oxygen atoms in total. The van der Waals surface area contributed by atoms with Crippen LogP contribution in [0.15, 0.2) is 17.2 Å². The SMILES string of the molecule is Nc1c[nH]cc(F)c1=O. The normalized spacial score (nSPS) is 9.44. The molecule has 0 spiro atoms. The van der Waals surface area contributed by atoms with E-state index in [9.17, 15) is 9.18 Å². The predicted octanol–water partition coefficient (Wildman–Crippen LogP) is 0.0962. The molecule has 4 heteroatoms. The maximum atomic E-state index is 12.2. The van der Waals surface area contributed by atoms with Crippen molar-refractivity contribution < 1.29 is 4.39 Å². The minimum Gasteiger partial charge on any atom is -0.394 e. The van der Waals surface area contributed by atoms with Gasteiger partial charge < -0.3 is 10.7 Å². The minimum absolute atomic E-state index is 0.102. The lowest BCUT2D eigenvalue weighted by molar-refractivity contribution is 0.612. The molecule has 0 aromatic carbocycles. The third kappa shape index (κ3) is 0.910. The van der Waals surface area contributed by atoms with E-state index in [-0.39, 0.29) is 5.69 Å². The van der Waals surface area contributed by atoms with E-state index < -0.39 is 11.2 Å². The molecule has 0 aliphatic heterocycles. The fourth-order valence-corrected chi connectivity index (χ4v) is 0.474. The Balaban J connectivity index is 3.43. The van der Waals surface area contributed by atoms with Gasteiger partial charge >= 0.3 is 0 Å². The van der Waals surface area contributed by atoms with Crippen LogP contribution in [0.2, 0.25) is 0 Å². The number of nitrogens with two attached hydrogens (primary N) is 1. The molecule has 1 rings (SSSR count). The molecule has 9 heavy (non-hydrogen) atoms. The van der Waals surface area contributed by atoms with Crippen LogP contribution in [0, 0.1) is 5.82 Å². The van der Waals surface area contributed by atoms with Gasteiger partial charge in [-0.2, -0.15) is 0 Å². The molecule has 0 aliphatic carbocycles. The Morgan fingerprint density at radius 2 is 2.22 bits per heavy atom. The highest BCUT2D eigenvalue weighted by molar-refractivity contribution is 5.33. The second-order valence-corrected chi connectivity index (χ2v) is 1.59. The molecular formula is C5H5FN2O. The smallest absolute Gasteiger partial charge is 0.239 e. The van der Waals surface area contributed by atoms with Crippen LogP contribution in [0.5, 0.6) is 0 Å². The first kappa shape index (κ1) is 5.81. The number of aromatic amines is 1. The standard InChI is InChI=1S/C5H5FN2O/c6-3-1-8-2-4(7)5(3)9/h1-2H,7H2,(H,8,9). The van der Waals surface area contributed by atoms with E-state index in [0.29, 0.717) is 0 Å². The van der Waals surface area contributed by atoms with E-state index in [4.69, 9.17) is 5.73 Å². The van der Waals surface area contributed by atoms with Gasteiger partial charge in [0.15, 0.2) is 5.82 Å². The van der Waals surface area contributed by atoms with E-state index in [0.717, 1.165) is 6.20 Å². The van der Waals surface area contributed by atoms with Crippen LogP contribution in [-0.2, 0) is 0 Å². The van der Waals surface area contributed by atoms with E-state index in [2.05, 4.69) is 4.98 Å². The van der Waals surface area contributed by atoms with Gasteiger partial charge in [-0.05, 0) is 0 Å². The Morgan fingerprint density at radius 3 is 2.67 bits per heavy atom. The summed E-state index contributed by atoms with van der Waals surface area (Å²) < 4.78 is 12.2. The fourth-order valence-electron chi connectivity index (χ4n) is 0.474. The molecule has 0 bridgehead atoms. The van der Waals surface area contributed by atoms with Crippen molar-refractivity contribution >= 4 is 5.69 Å². The number of H-pyrrole nitrogens is 1. The van der Waals surface area contributed by atoms with Crippen LogP contribution in [0.3, 0.4) is 0 Å². The van der Waals surface area contributed by atoms with Gasteiger partial charge in [0.05, 0.1) is 5.69 Å². The first-order valence-corrected chi connectivity index (χ1v) is 2.34. The zero-order valence-corrected chi connectivity index (χ0v) is 4.52. The molecule has 0 amide bonds. The molecule has 0 saturated carbocycles. The van der Waals surface area contributed by atoms with Crippen molar-refractivity contribution in [3.8, 4) is 0 Å². The minimum atomic E-state index is -0.852. The number of aromatic nitrogens is 1. The monoisotopic (exact) mass is 128 g/mol. The number of nitrogens with one attached hydrogen (secondary N) is 1. The van der Waals surface area contributed by atoms with Gasteiger partial charge in [-0.1, -0.05) is 0 Å². The molecule has 0 fully saturated rings. The van der Waals surface area contributed by atoms with Gasteiger partial charge in [0.25, 0.3) is 0 Å². The lowest BCUT2D eigenvalue weighted by Gasteiger charge is -1.88. The molecule has 3 N–H and O–H groups in total. The lowest BCUT2D eigenvalue weighted by Crippen LogP contribution is -2.11. The number of rotatable bonds is 0. The second-order valence-electron chi connectivity index (χ2n) is 1.59. The molecule has 0 unspecified atom stereocenters. The predicted molar refractivity (Wildman–Crippen MR) is 31.4 cm³/mol. The number of hydrogen-bond donors (Lipinski definition) is 2. The van der Waals surface area contributed by atoms with Gasteiger partial charge in [-0.15, -0.1) is 0 Å². The van der Waals surface area contributed by atoms with Crippen molar-refractivity contribution in [2.75, 3.05) is 5.73 Å². The third-order valence-electron chi connectivity index (χ3n) is 0.928. The highest BCUT2D eigenvalue weighted by Crippen LogP contribution is 1.89.